The van der Waals surface area contributed by atoms with Crippen molar-refractivity contribution in [1.29, 1.82) is 0 Å². The molecule has 2 rings (SSSR count). The van der Waals surface area contributed by atoms with Gasteiger partial charge in [-0.25, -0.2) is 0 Å². The fraction of sp³-hybridized carbons (Fsp3) is 0.143. The van der Waals surface area contributed by atoms with Crippen LogP contribution in [0.15, 0.2) is 60.7 Å². The van der Waals surface area contributed by atoms with Gasteiger partial charge in [0.05, 0.1) is 0 Å². The second-order valence-electron chi connectivity index (χ2n) is 3.57. The van der Waals surface area contributed by atoms with Gasteiger partial charge in [0.25, 0.3) is 0 Å². The Kier molecular flexibility index (Phi) is 6.43. The standard InChI is InChI=1S/C14H15N.Na/c1-3-7-13(8-4-1)11-15-12-14-9-5-2-6-10-14;/h1-10,15H,11-12H2;. The van der Waals surface area contributed by atoms with Crippen LogP contribution in [0.4, 0.5) is 0 Å². The normalized spacial score (nSPS) is 9.50. The van der Waals surface area contributed by atoms with Crippen LogP contribution in [0.1, 0.15) is 11.1 Å². The van der Waals surface area contributed by atoms with Crippen LogP contribution in [-0.2, 0) is 13.1 Å². The molecule has 0 saturated heterocycles. The van der Waals surface area contributed by atoms with Crippen molar-refractivity contribution in [1.82, 2.24) is 5.32 Å². The Balaban J connectivity index is 0.00000128. The maximum absolute atomic E-state index is 3.42. The molecule has 0 atom stereocenters. The van der Waals surface area contributed by atoms with Crippen LogP contribution in [0.3, 0.4) is 0 Å². The van der Waals surface area contributed by atoms with Gasteiger partial charge in [0.2, 0.25) is 0 Å². The summed E-state index contributed by atoms with van der Waals surface area (Å²) in [6, 6.07) is 20.9. The fourth-order valence-corrected chi connectivity index (χ4v) is 1.54. The molecule has 2 heteroatoms. The average Bonchev–Trinajstić information content (AvgIpc) is 2.32. The van der Waals surface area contributed by atoms with Gasteiger partial charge in [0.1, 0.15) is 0 Å². The summed E-state index contributed by atoms with van der Waals surface area (Å²) < 4.78 is 0. The Morgan fingerprint density at radius 1 is 0.625 bits per heavy atom. The molecule has 77 valence electrons. The molecule has 0 aromatic heterocycles. The van der Waals surface area contributed by atoms with Crippen molar-refractivity contribution in [2.75, 3.05) is 0 Å². The largest absolute Gasteiger partial charge is 0.309 e. The molecule has 2 aromatic carbocycles. The third-order valence-electron chi connectivity index (χ3n) is 2.34. The number of hydrogen-bond acceptors (Lipinski definition) is 1. The molecule has 1 N–H and O–H groups in total. The van der Waals surface area contributed by atoms with E-state index in [-0.39, 0.29) is 29.6 Å². The second kappa shape index (κ2) is 7.64. The van der Waals surface area contributed by atoms with Crippen LogP contribution >= 0.6 is 0 Å². The van der Waals surface area contributed by atoms with E-state index in [1.54, 1.807) is 0 Å². The van der Waals surface area contributed by atoms with E-state index < -0.39 is 0 Å². The van der Waals surface area contributed by atoms with Crippen LogP contribution < -0.4 is 5.32 Å². The van der Waals surface area contributed by atoms with E-state index in [2.05, 4.69) is 53.8 Å². The number of benzene rings is 2. The third kappa shape index (κ3) is 4.50. The van der Waals surface area contributed by atoms with Gasteiger partial charge in [-0.05, 0) is 11.1 Å². The average molecular weight is 220 g/mol. The Labute approximate surface area is 119 Å². The van der Waals surface area contributed by atoms with Crippen molar-refractivity contribution in [2.45, 2.75) is 13.1 Å². The molecule has 0 saturated carbocycles. The first kappa shape index (κ1) is 13.5. The van der Waals surface area contributed by atoms with E-state index in [9.17, 15) is 0 Å². The zero-order valence-electron chi connectivity index (χ0n) is 9.69. The van der Waals surface area contributed by atoms with Crippen LogP contribution in [0.2, 0.25) is 0 Å². The molecule has 16 heavy (non-hydrogen) atoms. The predicted molar refractivity (Wildman–Crippen MR) is 69.2 cm³/mol. The van der Waals surface area contributed by atoms with Crippen molar-refractivity contribution < 1.29 is 0 Å². The van der Waals surface area contributed by atoms with Crippen molar-refractivity contribution in [2.24, 2.45) is 0 Å². The molecule has 0 spiro atoms. The van der Waals surface area contributed by atoms with E-state index in [4.69, 9.17) is 0 Å². The smallest absolute Gasteiger partial charge is 0.0208 e. The first-order valence-corrected chi connectivity index (χ1v) is 5.24. The molecule has 0 fully saturated rings. The monoisotopic (exact) mass is 220 g/mol. The van der Waals surface area contributed by atoms with Gasteiger partial charge >= 0.3 is 0 Å². The summed E-state index contributed by atoms with van der Waals surface area (Å²) in [4.78, 5) is 0. The SMILES string of the molecule is [Na].c1ccc(CNCc2ccccc2)cc1. The first-order valence-electron chi connectivity index (χ1n) is 5.24. The summed E-state index contributed by atoms with van der Waals surface area (Å²) in [5.74, 6) is 0. The van der Waals surface area contributed by atoms with Crippen LogP contribution in [0, 0.1) is 0 Å². The molecule has 0 amide bonds. The van der Waals surface area contributed by atoms with Crippen molar-refractivity contribution in [3.05, 3.63) is 71.8 Å². The molecule has 1 radical (unpaired) electrons. The third-order valence-corrected chi connectivity index (χ3v) is 2.34. The molecular weight excluding hydrogens is 205 g/mol. The summed E-state index contributed by atoms with van der Waals surface area (Å²) in [6.07, 6.45) is 0. The van der Waals surface area contributed by atoms with Gasteiger partial charge in [-0.15, -0.1) is 0 Å². The minimum absolute atomic E-state index is 0. The summed E-state index contributed by atoms with van der Waals surface area (Å²) in [5.41, 5.74) is 2.65. The number of rotatable bonds is 4. The molecule has 2 aromatic rings. The molecule has 0 aliphatic heterocycles. The molecule has 0 bridgehead atoms. The van der Waals surface area contributed by atoms with Gasteiger partial charge in [0, 0.05) is 42.6 Å². The van der Waals surface area contributed by atoms with Crippen molar-refractivity contribution in [3.63, 3.8) is 0 Å². The van der Waals surface area contributed by atoms with Crippen LogP contribution in [0.5, 0.6) is 0 Å². The van der Waals surface area contributed by atoms with E-state index >= 15 is 0 Å². The van der Waals surface area contributed by atoms with Gasteiger partial charge in [-0.3, -0.25) is 0 Å². The number of nitrogens with one attached hydrogen (secondary N) is 1. The van der Waals surface area contributed by atoms with Gasteiger partial charge in [-0.2, -0.15) is 0 Å². The van der Waals surface area contributed by atoms with E-state index in [0.717, 1.165) is 13.1 Å². The molecule has 0 unspecified atom stereocenters. The van der Waals surface area contributed by atoms with Gasteiger partial charge in [0.15, 0.2) is 0 Å². The predicted octanol–water partition coefficient (Wildman–Crippen LogP) is 2.60. The van der Waals surface area contributed by atoms with Crippen molar-refractivity contribution in [3.8, 4) is 0 Å². The first-order chi connectivity index (χ1) is 7.45. The maximum Gasteiger partial charge on any atom is 0.0208 e. The Bertz CT molecular complexity index is 346. The maximum atomic E-state index is 3.42. The minimum atomic E-state index is 0. The van der Waals surface area contributed by atoms with Crippen LogP contribution in [0.25, 0.3) is 0 Å². The summed E-state index contributed by atoms with van der Waals surface area (Å²) in [5, 5.41) is 3.42. The molecule has 1 nitrogen and oxygen atoms in total. The number of hydrogen-bond donors (Lipinski definition) is 1. The second-order valence-corrected chi connectivity index (χ2v) is 3.57. The van der Waals surface area contributed by atoms with E-state index in [1.165, 1.54) is 11.1 Å². The zero-order valence-corrected chi connectivity index (χ0v) is 11.7. The summed E-state index contributed by atoms with van der Waals surface area (Å²) in [7, 11) is 0. The van der Waals surface area contributed by atoms with Crippen molar-refractivity contribution >= 4 is 29.6 Å². The molecule has 0 aliphatic carbocycles. The molecule has 0 heterocycles. The minimum Gasteiger partial charge on any atom is -0.309 e. The summed E-state index contributed by atoms with van der Waals surface area (Å²) in [6.45, 7) is 1.85. The molecular formula is C14H15NNa. The van der Waals surface area contributed by atoms with E-state index in [0.29, 0.717) is 0 Å². The van der Waals surface area contributed by atoms with Gasteiger partial charge < -0.3 is 5.32 Å². The Morgan fingerprint density at radius 3 is 1.38 bits per heavy atom. The Hall–Kier alpha value is -0.600. The summed E-state index contributed by atoms with van der Waals surface area (Å²) >= 11 is 0. The topological polar surface area (TPSA) is 12.0 Å². The van der Waals surface area contributed by atoms with Crippen LogP contribution in [-0.4, -0.2) is 29.6 Å². The van der Waals surface area contributed by atoms with Gasteiger partial charge in [-0.1, -0.05) is 60.7 Å². The van der Waals surface area contributed by atoms with E-state index in [1.807, 2.05) is 12.1 Å². The fourth-order valence-electron chi connectivity index (χ4n) is 1.54. The zero-order chi connectivity index (χ0) is 10.3. The Morgan fingerprint density at radius 2 is 1.00 bits per heavy atom. The molecule has 0 aliphatic rings. The quantitative estimate of drug-likeness (QED) is 0.781.